The normalized spacial score (nSPS) is 11.2. The van der Waals surface area contributed by atoms with Gasteiger partial charge < -0.3 is 14.2 Å². The molecule has 0 aliphatic rings. The Morgan fingerprint density at radius 3 is 2.45 bits per heavy atom. The van der Waals surface area contributed by atoms with Gasteiger partial charge in [-0.15, -0.1) is 0 Å². The summed E-state index contributed by atoms with van der Waals surface area (Å²) in [6.07, 6.45) is 3.82. The highest BCUT2D eigenvalue weighted by molar-refractivity contribution is 7.80. The van der Waals surface area contributed by atoms with Gasteiger partial charge in [0.15, 0.2) is 10.7 Å². The van der Waals surface area contributed by atoms with Gasteiger partial charge in [-0.05, 0) is 97.0 Å². The predicted molar refractivity (Wildman–Crippen MR) is 156 cm³/mol. The van der Waals surface area contributed by atoms with Crippen LogP contribution in [0.5, 0.6) is 0 Å². The van der Waals surface area contributed by atoms with Gasteiger partial charge in [-0.1, -0.05) is 36.2 Å². The molecule has 3 aromatic carbocycles. The molecule has 5 rings (SSSR count). The largest absolute Gasteiger partial charge is 0.457 e. The van der Waals surface area contributed by atoms with Crippen LogP contribution in [0.25, 0.3) is 40.0 Å². The zero-order valence-electron chi connectivity index (χ0n) is 20.1. The molecular formula is C29H21Cl2N3O3S. The van der Waals surface area contributed by atoms with E-state index in [4.69, 9.17) is 44.3 Å². The highest BCUT2D eigenvalue weighted by Crippen LogP contribution is 2.29. The Morgan fingerprint density at radius 1 is 0.947 bits per heavy atom. The van der Waals surface area contributed by atoms with E-state index in [1.54, 1.807) is 36.4 Å². The lowest BCUT2D eigenvalue weighted by Gasteiger charge is -2.08. The van der Waals surface area contributed by atoms with Crippen LogP contribution in [-0.4, -0.2) is 16.0 Å². The van der Waals surface area contributed by atoms with Crippen molar-refractivity contribution in [3.05, 3.63) is 100 Å². The molecule has 0 saturated heterocycles. The van der Waals surface area contributed by atoms with Crippen molar-refractivity contribution >= 4 is 69.3 Å². The first-order valence-corrected chi connectivity index (χ1v) is 12.9. The molecule has 5 aromatic rings. The van der Waals surface area contributed by atoms with Crippen molar-refractivity contribution in [2.75, 3.05) is 5.32 Å². The summed E-state index contributed by atoms with van der Waals surface area (Å²) in [6.45, 7) is 2.10. The molecule has 2 aromatic heterocycles. The van der Waals surface area contributed by atoms with E-state index in [0.29, 0.717) is 33.1 Å². The van der Waals surface area contributed by atoms with Crippen molar-refractivity contribution in [1.82, 2.24) is 10.3 Å². The maximum atomic E-state index is 12.3. The predicted octanol–water partition coefficient (Wildman–Crippen LogP) is 8.15. The van der Waals surface area contributed by atoms with Crippen LogP contribution in [-0.2, 0) is 11.2 Å². The molecule has 0 spiro atoms. The van der Waals surface area contributed by atoms with Gasteiger partial charge in [-0.3, -0.25) is 10.1 Å². The molecular weight excluding hydrogens is 541 g/mol. The first kappa shape index (κ1) is 25.7. The number of rotatable bonds is 6. The summed E-state index contributed by atoms with van der Waals surface area (Å²) in [6, 6.07) is 22.1. The number of hydrogen-bond donors (Lipinski definition) is 2. The Labute approximate surface area is 234 Å². The van der Waals surface area contributed by atoms with Crippen LogP contribution in [0, 0.1) is 0 Å². The fourth-order valence-corrected chi connectivity index (χ4v) is 4.52. The van der Waals surface area contributed by atoms with Gasteiger partial charge in [-0.25, -0.2) is 4.98 Å². The van der Waals surface area contributed by atoms with Crippen LogP contribution < -0.4 is 10.6 Å². The molecule has 1 amide bonds. The third-order valence-corrected chi connectivity index (χ3v) is 6.30. The SMILES string of the molecule is CCc1ccc2oc(-c3ccc(NC(=S)NC(=O)/C=C/c4ccc(-c5cc(Cl)cc(Cl)c5)o4)cc3)nc2c1. The van der Waals surface area contributed by atoms with Crippen LogP contribution in [0.4, 0.5) is 5.69 Å². The number of nitrogens with zero attached hydrogens (tertiary/aromatic N) is 1. The number of benzene rings is 3. The third-order valence-electron chi connectivity index (χ3n) is 5.66. The molecule has 2 heterocycles. The fraction of sp³-hybridized carbons (Fsp3) is 0.0690. The van der Waals surface area contributed by atoms with E-state index < -0.39 is 5.91 Å². The Balaban J connectivity index is 1.17. The topological polar surface area (TPSA) is 80.3 Å². The van der Waals surface area contributed by atoms with Crippen LogP contribution in [0.1, 0.15) is 18.2 Å². The average Bonchev–Trinajstić information content (AvgIpc) is 3.54. The highest BCUT2D eigenvalue weighted by atomic mass is 35.5. The maximum Gasteiger partial charge on any atom is 0.250 e. The van der Waals surface area contributed by atoms with Crippen molar-refractivity contribution in [2.45, 2.75) is 13.3 Å². The summed E-state index contributed by atoms with van der Waals surface area (Å²) < 4.78 is 11.6. The number of thiocarbonyl (C=S) groups is 1. The molecule has 0 aliphatic heterocycles. The molecule has 190 valence electrons. The van der Waals surface area contributed by atoms with Gasteiger partial charge in [0.25, 0.3) is 0 Å². The van der Waals surface area contributed by atoms with E-state index in [2.05, 4.69) is 22.5 Å². The first-order valence-electron chi connectivity index (χ1n) is 11.7. The molecule has 0 radical (unpaired) electrons. The van der Waals surface area contributed by atoms with Crippen molar-refractivity contribution in [3.8, 4) is 22.8 Å². The van der Waals surface area contributed by atoms with E-state index in [0.717, 1.165) is 28.6 Å². The van der Waals surface area contributed by atoms with E-state index in [1.807, 2.05) is 42.5 Å². The molecule has 0 unspecified atom stereocenters. The van der Waals surface area contributed by atoms with E-state index in [1.165, 1.54) is 11.6 Å². The van der Waals surface area contributed by atoms with Crippen LogP contribution in [0.3, 0.4) is 0 Å². The number of oxazole rings is 1. The minimum absolute atomic E-state index is 0.162. The summed E-state index contributed by atoms with van der Waals surface area (Å²) in [5, 5.41) is 6.78. The van der Waals surface area contributed by atoms with Crippen molar-refractivity contribution in [1.29, 1.82) is 0 Å². The second-order valence-electron chi connectivity index (χ2n) is 8.39. The molecule has 38 heavy (non-hydrogen) atoms. The van der Waals surface area contributed by atoms with Crippen molar-refractivity contribution in [3.63, 3.8) is 0 Å². The number of carbonyl (C=O) groups excluding carboxylic acids is 1. The molecule has 2 N–H and O–H groups in total. The number of fused-ring (bicyclic) bond motifs is 1. The molecule has 0 fully saturated rings. The number of carbonyl (C=O) groups is 1. The summed E-state index contributed by atoms with van der Waals surface area (Å²) in [5.74, 6) is 1.21. The monoisotopic (exact) mass is 561 g/mol. The lowest BCUT2D eigenvalue weighted by molar-refractivity contribution is -0.115. The Bertz CT molecular complexity index is 1650. The molecule has 0 bridgehead atoms. The average molecular weight is 562 g/mol. The van der Waals surface area contributed by atoms with Gasteiger partial charge >= 0.3 is 0 Å². The lowest BCUT2D eigenvalue weighted by atomic mass is 10.1. The second-order valence-corrected chi connectivity index (χ2v) is 9.67. The molecule has 0 saturated carbocycles. The van der Waals surface area contributed by atoms with Gasteiger partial charge in [0.2, 0.25) is 11.8 Å². The Hall–Kier alpha value is -3.91. The maximum absolute atomic E-state index is 12.3. The number of furan rings is 1. The third kappa shape index (κ3) is 6.14. The summed E-state index contributed by atoms with van der Waals surface area (Å²) in [7, 11) is 0. The minimum atomic E-state index is -0.402. The number of aromatic nitrogens is 1. The quantitative estimate of drug-likeness (QED) is 0.161. The van der Waals surface area contributed by atoms with Crippen molar-refractivity contribution < 1.29 is 13.6 Å². The van der Waals surface area contributed by atoms with Crippen LogP contribution >= 0.6 is 35.4 Å². The number of aryl methyl sites for hydroxylation is 1. The van der Waals surface area contributed by atoms with Crippen LogP contribution in [0.2, 0.25) is 10.0 Å². The standard InChI is InChI=1S/C29H21Cl2N3O3S/c1-2-17-3-10-26-24(13-17)33-28(37-26)18-4-6-22(7-5-18)32-29(38)34-27(35)12-9-23-8-11-25(36-23)19-14-20(30)16-21(31)15-19/h3-16H,2H2,1H3,(H2,32,34,35,38)/b12-9+. The first-order chi connectivity index (χ1) is 18.4. The van der Waals surface area contributed by atoms with Gasteiger partial charge in [0.1, 0.15) is 17.0 Å². The zero-order chi connectivity index (χ0) is 26.6. The smallest absolute Gasteiger partial charge is 0.250 e. The molecule has 9 heteroatoms. The summed E-state index contributed by atoms with van der Waals surface area (Å²) in [5.41, 5.74) is 5.07. The highest BCUT2D eigenvalue weighted by Gasteiger charge is 2.10. The van der Waals surface area contributed by atoms with E-state index in [9.17, 15) is 4.79 Å². The van der Waals surface area contributed by atoms with E-state index in [-0.39, 0.29) is 5.11 Å². The number of anilines is 1. The van der Waals surface area contributed by atoms with E-state index >= 15 is 0 Å². The number of hydrogen-bond acceptors (Lipinski definition) is 5. The second kappa shape index (κ2) is 11.2. The minimum Gasteiger partial charge on any atom is -0.457 e. The number of nitrogens with one attached hydrogen (secondary N) is 2. The molecule has 0 aliphatic carbocycles. The van der Waals surface area contributed by atoms with Crippen LogP contribution in [0.15, 0.2) is 87.7 Å². The number of halogens is 2. The summed E-state index contributed by atoms with van der Waals surface area (Å²) in [4.78, 5) is 16.9. The van der Waals surface area contributed by atoms with Gasteiger partial charge in [0, 0.05) is 32.9 Å². The zero-order valence-corrected chi connectivity index (χ0v) is 22.5. The Kier molecular flexibility index (Phi) is 7.60. The van der Waals surface area contributed by atoms with Gasteiger partial charge in [-0.2, -0.15) is 0 Å². The van der Waals surface area contributed by atoms with Gasteiger partial charge in [0.05, 0.1) is 0 Å². The molecule has 0 atom stereocenters. The summed E-state index contributed by atoms with van der Waals surface area (Å²) >= 11 is 17.4. The molecule has 6 nitrogen and oxygen atoms in total. The van der Waals surface area contributed by atoms with Crippen molar-refractivity contribution in [2.24, 2.45) is 0 Å². The number of amides is 1. The fourth-order valence-electron chi connectivity index (χ4n) is 3.78. The Morgan fingerprint density at radius 2 is 1.71 bits per heavy atom. The lowest BCUT2D eigenvalue weighted by Crippen LogP contribution is -2.32.